The fourth-order valence-electron chi connectivity index (χ4n) is 2.55. The Balaban J connectivity index is 2.03. The predicted octanol–water partition coefficient (Wildman–Crippen LogP) is 3.21. The zero-order valence-electron chi connectivity index (χ0n) is 11.7. The molecule has 1 fully saturated rings. The Labute approximate surface area is 110 Å². The summed E-state index contributed by atoms with van der Waals surface area (Å²) in [5.41, 5.74) is 1.13. The van der Waals surface area contributed by atoms with Crippen LogP contribution in [0.3, 0.4) is 0 Å². The van der Waals surface area contributed by atoms with Gasteiger partial charge in [0.05, 0.1) is 0 Å². The number of nitrogens with one attached hydrogen (secondary N) is 2. The molecule has 2 N–H and O–H groups in total. The fourth-order valence-corrected chi connectivity index (χ4v) is 2.55. The summed E-state index contributed by atoms with van der Waals surface area (Å²) >= 11 is 0. The third kappa shape index (κ3) is 3.12. The zero-order valence-corrected chi connectivity index (χ0v) is 11.7. The normalized spacial score (nSPS) is 23.1. The third-order valence-electron chi connectivity index (χ3n) is 3.66. The summed E-state index contributed by atoms with van der Waals surface area (Å²) in [7, 11) is 0. The van der Waals surface area contributed by atoms with Crippen molar-refractivity contribution in [3.05, 3.63) is 11.9 Å². The first-order valence-electron chi connectivity index (χ1n) is 7.02. The van der Waals surface area contributed by atoms with Crippen molar-refractivity contribution < 1.29 is 0 Å². The molecule has 2 rings (SSSR count). The van der Waals surface area contributed by atoms with E-state index < -0.39 is 0 Å². The predicted molar refractivity (Wildman–Crippen MR) is 76.0 cm³/mol. The molecule has 0 aromatic carbocycles. The molecule has 0 aliphatic heterocycles. The summed E-state index contributed by atoms with van der Waals surface area (Å²) in [5, 5.41) is 6.91. The van der Waals surface area contributed by atoms with Crippen molar-refractivity contribution in [2.45, 2.75) is 52.5 Å². The van der Waals surface area contributed by atoms with E-state index in [-0.39, 0.29) is 0 Å². The van der Waals surface area contributed by atoms with Gasteiger partial charge in [0.1, 0.15) is 18.0 Å². The molecule has 1 aromatic rings. The van der Waals surface area contributed by atoms with E-state index in [1.807, 2.05) is 0 Å². The van der Waals surface area contributed by atoms with E-state index >= 15 is 0 Å². The molecule has 100 valence electrons. The van der Waals surface area contributed by atoms with E-state index in [0.717, 1.165) is 36.1 Å². The third-order valence-corrected chi connectivity index (χ3v) is 3.66. The van der Waals surface area contributed by atoms with E-state index in [4.69, 9.17) is 0 Å². The molecule has 1 saturated carbocycles. The molecule has 18 heavy (non-hydrogen) atoms. The van der Waals surface area contributed by atoms with Crippen molar-refractivity contribution in [3.63, 3.8) is 0 Å². The van der Waals surface area contributed by atoms with Gasteiger partial charge in [-0.25, -0.2) is 9.97 Å². The lowest BCUT2D eigenvalue weighted by atomic mass is 10.1. The van der Waals surface area contributed by atoms with Gasteiger partial charge in [-0.3, -0.25) is 0 Å². The van der Waals surface area contributed by atoms with Crippen LogP contribution in [0.1, 0.15) is 45.1 Å². The second-order valence-corrected chi connectivity index (χ2v) is 5.38. The lowest BCUT2D eigenvalue weighted by molar-refractivity contribution is 0.602. The maximum absolute atomic E-state index is 4.37. The number of rotatable bonds is 5. The number of anilines is 2. The Morgan fingerprint density at radius 2 is 2.06 bits per heavy atom. The largest absolute Gasteiger partial charge is 0.370 e. The molecule has 2 atom stereocenters. The van der Waals surface area contributed by atoms with Crippen molar-refractivity contribution in [3.8, 4) is 0 Å². The summed E-state index contributed by atoms with van der Waals surface area (Å²) < 4.78 is 0. The quantitative estimate of drug-likeness (QED) is 0.840. The van der Waals surface area contributed by atoms with Gasteiger partial charge in [0.2, 0.25) is 0 Å². The van der Waals surface area contributed by atoms with Gasteiger partial charge >= 0.3 is 0 Å². The fraction of sp³-hybridized carbons (Fsp3) is 0.714. The van der Waals surface area contributed by atoms with Crippen LogP contribution in [-0.4, -0.2) is 22.6 Å². The lowest BCUT2D eigenvalue weighted by Gasteiger charge is -2.16. The van der Waals surface area contributed by atoms with Crippen molar-refractivity contribution in [2.75, 3.05) is 17.2 Å². The van der Waals surface area contributed by atoms with Gasteiger partial charge in [0.15, 0.2) is 0 Å². The molecule has 1 aromatic heterocycles. The monoisotopic (exact) mass is 248 g/mol. The van der Waals surface area contributed by atoms with Crippen LogP contribution >= 0.6 is 0 Å². The van der Waals surface area contributed by atoms with Crippen molar-refractivity contribution in [1.82, 2.24) is 9.97 Å². The summed E-state index contributed by atoms with van der Waals surface area (Å²) in [6.45, 7) is 7.52. The SMILES string of the molecule is CCCNc1ncnc(NC2CCC(C)C2)c1C. The van der Waals surface area contributed by atoms with Crippen molar-refractivity contribution >= 4 is 11.6 Å². The van der Waals surface area contributed by atoms with Crippen LogP contribution in [0.25, 0.3) is 0 Å². The molecular formula is C14H24N4. The van der Waals surface area contributed by atoms with Gasteiger partial charge in [-0.05, 0) is 38.5 Å². The van der Waals surface area contributed by atoms with Crippen molar-refractivity contribution in [2.24, 2.45) is 5.92 Å². The summed E-state index contributed by atoms with van der Waals surface area (Å²) in [6.07, 6.45) is 6.57. The van der Waals surface area contributed by atoms with Gasteiger partial charge in [0.25, 0.3) is 0 Å². The lowest BCUT2D eigenvalue weighted by Crippen LogP contribution is -2.18. The second-order valence-electron chi connectivity index (χ2n) is 5.38. The average molecular weight is 248 g/mol. The Morgan fingerprint density at radius 1 is 1.28 bits per heavy atom. The molecule has 2 unspecified atom stereocenters. The van der Waals surface area contributed by atoms with E-state index in [9.17, 15) is 0 Å². The highest BCUT2D eigenvalue weighted by Crippen LogP contribution is 2.28. The van der Waals surface area contributed by atoms with Gasteiger partial charge in [-0.15, -0.1) is 0 Å². The minimum absolute atomic E-state index is 0.577. The van der Waals surface area contributed by atoms with Gasteiger partial charge in [-0.2, -0.15) is 0 Å². The van der Waals surface area contributed by atoms with Gasteiger partial charge < -0.3 is 10.6 Å². The number of nitrogens with zero attached hydrogens (tertiary/aromatic N) is 2. The Hall–Kier alpha value is -1.32. The van der Waals surface area contributed by atoms with Crippen LogP contribution in [0.2, 0.25) is 0 Å². The average Bonchev–Trinajstić information content (AvgIpc) is 2.76. The van der Waals surface area contributed by atoms with E-state index in [0.29, 0.717) is 6.04 Å². The molecule has 0 spiro atoms. The van der Waals surface area contributed by atoms with Crippen LogP contribution in [0, 0.1) is 12.8 Å². The molecule has 0 radical (unpaired) electrons. The number of aromatic nitrogens is 2. The topological polar surface area (TPSA) is 49.8 Å². The Bertz CT molecular complexity index is 391. The molecule has 1 aliphatic carbocycles. The van der Waals surface area contributed by atoms with Gasteiger partial charge in [0, 0.05) is 18.2 Å². The first-order chi connectivity index (χ1) is 8.70. The molecule has 0 bridgehead atoms. The highest BCUT2D eigenvalue weighted by atomic mass is 15.1. The Kier molecular flexibility index (Phi) is 4.39. The zero-order chi connectivity index (χ0) is 13.0. The maximum Gasteiger partial charge on any atom is 0.134 e. The smallest absolute Gasteiger partial charge is 0.134 e. The molecular weight excluding hydrogens is 224 g/mol. The number of hydrogen-bond acceptors (Lipinski definition) is 4. The minimum atomic E-state index is 0.577. The molecule has 1 aliphatic rings. The standard InChI is InChI=1S/C14H24N4/c1-4-7-15-13-11(3)14(17-9-16-13)18-12-6-5-10(2)8-12/h9-10,12H,4-8H2,1-3H3,(H2,15,16,17,18). The molecule has 0 saturated heterocycles. The van der Waals surface area contributed by atoms with Crippen LogP contribution < -0.4 is 10.6 Å². The highest BCUT2D eigenvalue weighted by Gasteiger charge is 2.22. The summed E-state index contributed by atoms with van der Waals surface area (Å²) in [4.78, 5) is 8.68. The van der Waals surface area contributed by atoms with Crippen LogP contribution in [0.15, 0.2) is 6.33 Å². The Morgan fingerprint density at radius 3 is 2.72 bits per heavy atom. The molecule has 0 amide bonds. The summed E-state index contributed by atoms with van der Waals surface area (Å²) in [6, 6.07) is 0.577. The molecule has 1 heterocycles. The minimum Gasteiger partial charge on any atom is -0.370 e. The van der Waals surface area contributed by atoms with Crippen LogP contribution in [-0.2, 0) is 0 Å². The molecule has 4 nitrogen and oxygen atoms in total. The van der Waals surface area contributed by atoms with Crippen LogP contribution in [0.5, 0.6) is 0 Å². The number of hydrogen-bond donors (Lipinski definition) is 2. The van der Waals surface area contributed by atoms with E-state index in [1.54, 1.807) is 6.33 Å². The first-order valence-corrected chi connectivity index (χ1v) is 7.02. The van der Waals surface area contributed by atoms with Gasteiger partial charge in [-0.1, -0.05) is 13.8 Å². The molecule has 4 heteroatoms. The van der Waals surface area contributed by atoms with Crippen molar-refractivity contribution in [1.29, 1.82) is 0 Å². The second kappa shape index (κ2) is 6.03. The highest BCUT2D eigenvalue weighted by molar-refractivity contribution is 5.56. The van der Waals surface area contributed by atoms with Crippen LogP contribution in [0.4, 0.5) is 11.6 Å². The maximum atomic E-state index is 4.37. The first kappa shape index (κ1) is 13.1. The van der Waals surface area contributed by atoms with E-state index in [2.05, 4.69) is 41.4 Å². The van der Waals surface area contributed by atoms with E-state index in [1.165, 1.54) is 19.3 Å². The summed E-state index contributed by atoms with van der Waals surface area (Å²) in [5.74, 6) is 2.78.